The van der Waals surface area contributed by atoms with E-state index >= 15 is 0 Å². The van der Waals surface area contributed by atoms with Gasteiger partial charge in [-0.05, 0) is 34.1 Å². The van der Waals surface area contributed by atoms with E-state index in [-0.39, 0.29) is 5.04 Å². The van der Waals surface area contributed by atoms with E-state index in [9.17, 15) is 0 Å². The van der Waals surface area contributed by atoms with E-state index in [1.165, 1.54) is 0 Å². The molecule has 0 saturated heterocycles. The topological polar surface area (TPSA) is 36.3 Å². The Morgan fingerprint density at radius 3 is 2.50 bits per heavy atom. The van der Waals surface area contributed by atoms with E-state index < -0.39 is 8.32 Å². The fourth-order valence-electron chi connectivity index (χ4n) is 1.32. The number of rotatable bonds is 5. The molecule has 6 heteroatoms. The zero-order valence-corrected chi connectivity index (χ0v) is 14.7. The lowest BCUT2D eigenvalue weighted by molar-refractivity contribution is 0.254. The van der Waals surface area contributed by atoms with Crippen LogP contribution in [0.15, 0.2) is 10.7 Å². The third kappa shape index (κ3) is 3.58. The van der Waals surface area contributed by atoms with Gasteiger partial charge >= 0.3 is 0 Å². The molecule has 0 unspecified atom stereocenters. The van der Waals surface area contributed by atoms with Crippen LogP contribution in [0.5, 0.6) is 5.88 Å². The number of nitrogens with zero attached hydrogens (tertiary/aromatic N) is 2. The predicted molar refractivity (Wildman–Crippen MR) is 79.6 cm³/mol. The van der Waals surface area contributed by atoms with Crippen molar-refractivity contribution in [2.75, 3.05) is 13.7 Å². The summed E-state index contributed by atoms with van der Waals surface area (Å²) in [6.07, 6.45) is 1.74. The van der Waals surface area contributed by atoms with E-state index in [0.29, 0.717) is 13.2 Å². The molecule has 0 fully saturated rings. The summed E-state index contributed by atoms with van der Waals surface area (Å²) in [6.45, 7) is 12.6. The van der Waals surface area contributed by atoms with Crippen molar-refractivity contribution in [2.45, 2.75) is 45.4 Å². The highest BCUT2D eigenvalue weighted by Gasteiger charge is 2.36. The van der Waals surface area contributed by atoms with Crippen molar-refractivity contribution in [2.24, 2.45) is 0 Å². The largest absolute Gasteiger partial charge is 0.480 e. The molecular weight excluding hydrogens is 312 g/mol. The Morgan fingerprint density at radius 2 is 2.00 bits per heavy atom. The zero-order chi connectivity index (χ0) is 14.0. The highest BCUT2D eigenvalue weighted by Crippen LogP contribution is 2.36. The van der Waals surface area contributed by atoms with E-state index in [2.05, 4.69) is 54.9 Å². The van der Waals surface area contributed by atoms with Crippen LogP contribution in [0.25, 0.3) is 0 Å². The normalized spacial score (nSPS) is 12.8. The van der Waals surface area contributed by atoms with Crippen LogP contribution < -0.4 is 4.74 Å². The van der Waals surface area contributed by atoms with Gasteiger partial charge in [-0.1, -0.05) is 20.8 Å². The first-order valence-corrected chi connectivity index (χ1v) is 9.78. The molecule has 0 amide bonds. The van der Waals surface area contributed by atoms with Gasteiger partial charge in [-0.15, -0.1) is 0 Å². The summed E-state index contributed by atoms with van der Waals surface area (Å²) in [5.74, 6) is 0.744. The van der Waals surface area contributed by atoms with Crippen LogP contribution in [0, 0.1) is 0 Å². The highest BCUT2D eigenvalue weighted by molar-refractivity contribution is 9.10. The Hall–Kier alpha value is -0.333. The maximum absolute atomic E-state index is 6.11. The van der Waals surface area contributed by atoms with Gasteiger partial charge in [-0.25, -0.2) is 4.68 Å². The molecule has 0 spiro atoms. The molecule has 0 radical (unpaired) electrons. The van der Waals surface area contributed by atoms with Gasteiger partial charge in [0, 0.05) is 0 Å². The Morgan fingerprint density at radius 1 is 1.39 bits per heavy atom. The van der Waals surface area contributed by atoms with Crippen molar-refractivity contribution in [1.82, 2.24) is 9.78 Å². The van der Waals surface area contributed by atoms with Crippen molar-refractivity contribution in [3.63, 3.8) is 0 Å². The van der Waals surface area contributed by atoms with E-state index in [4.69, 9.17) is 9.16 Å². The van der Waals surface area contributed by atoms with Gasteiger partial charge in [0.05, 0.1) is 30.9 Å². The second-order valence-corrected chi connectivity index (χ2v) is 11.5. The second-order valence-electron chi connectivity index (χ2n) is 5.83. The van der Waals surface area contributed by atoms with E-state index in [1.54, 1.807) is 13.3 Å². The van der Waals surface area contributed by atoms with Crippen LogP contribution >= 0.6 is 15.9 Å². The lowest BCUT2D eigenvalue weighted by Gasteiger charge is -2.36. The molecule has 0 N–H and O–H groups in total. The minimum absolute atomic E-state index is 0.238. The van der Waals surface area contributed by atoms with Crippen molar-refractivity contribution in [1.29, 1.82) is 0 Å². The molecular formula is C12H23BrN2O2Si. The zero-order valence-electron chi connectivity index (χ0n) is 12.1. The average molecular weight is 335 g/mol. The van der Waals surface area contributed by atoms with Crippen LogP contribution in [-0.2, 0) is 11.0 Å². The van der Waals surface area contributed by atoms with Crippen LogP contribution in [0.4, 0.5) is 0 Å². The lowest BCUT2D eigenvalue weighted by atomic mass is 10.2. The van der Waals surface area contributed by atoms with Crippen molar-refractivity contribution in [3.05, 3.63) is 10.7 Å². The Kier molecular flexibility index (Phi) is 5.03. The number of aromatic nitrogens is 2. The molecule has 1 aromatic rings. The van der Waals surface area contributed by atoms with Gasteiger partial charge in [0.15, 0.2) is 8.32 Å². The summed E-state index contributed by atoms with van der Waals surface area (Å²) in [4.78, 5) is 0. The summed E-state index contributed by atoms with van der Waals surface area (Å²) in [6, 6.07) is 0. The maximum Gasteiger partial charge on any atom is 0.226 e. The average Bonchev–Trinajstić information content (AvgIpc) is 2.57. The molecule has 1 rings (SSSR count). The second kappa shape index (κ2) is 5.75. The Balaban J connectivity index is 2.57. The standard InChI is InChI=1S/C12H23BrN2O2Si/c1-12(2,3)18(5,6)17-8-7-15-11(16-4)10(13)9-14-15/h9H,7-8H2,1-6H3. The van der Waals surface area contributed by atoms with Gasteiger partial charge in [0.25, 0.3) is 0 Å². The minimum Gasteiger partial charge on any atom is -0.480 e. The minimum atomic E-state index is -1.67. The summed E-state index contributed by atoms with van der Waals surface area (Å²) in [5.41, 5.74) is 0. The van der Waals surface area contributed by atoms with Gasteiger partial charge in [0.2, 0.25) is 5.88 Å². The third-order valence-electron chi connectivity index (χ3n) is 3.51. The predicted octanol–water partition coefficient (Wildman–Crippen LogP) is 3.68. The quantitative estimate of drug-likeness (QED) is 0.770. The summed E-state index contributed by atoms with van der Waals surface area (Å²) in [5, 5.41) is 4.49. The third-order valence-corrected chi connectivity index (χ3v) is 8.60. The van der Waals surface area contributed by atoms with Gasteiger partial charge in [-0.2, -0.15) is 5.10 Å². The van der Waals surface area contributed by atoms with Crippen LogP contribution in [0.3, 0.4) is 0 Å². The summed E-state index contributed by atoms with van der Waals surface area (Å²) in [7, 11) is -0.0274. The Bertz CT molecular complexity index is 399. The molecule has 0 saturated carbocycles. The first-order chi connectivity index (χ1) is 8.19. The molecule has 0 aliphatic carbocycles. The fourth-order valence-corrected chi connectivity index (χ4v) is 2.81. The molecule has 4 nitrogen and oxygen atoms in total. The lowest BCUT2D eigenvalue weighted by Crippen LogP contribution is -2.41. The van der Waals surface area contributed by atoms with E-state index in [1.807, 2.05) is 4.68 Å². The summed E-state index contributed by atoms with van der Waals surface area (Å²) < 4.78 is 14.1. The van der Waals surface area contributed by atoms with Gasteiger partial charge < -0.3 is 9.16 Å². The molecule has 0 aromatic carbocycles. The molecule has 0 bridgehead atoms. The number of ether oxygens (including phenoxy) is 1. The van der Waals surface area contributed by atoms with Crippen molar-refractivity contribution < 1.29 is 9.16 Å². The van der Waals surface area contributed by atoms with Crippen LogP contribution in [0.2, 0.25) is 18.1 Å². The highest BCUT2D eigenvalue weighted by atomic mass is 79.9. The molecule has 1 aromatic heterocycles. The first kappa shape index (κ1) is 15.7. The number of methoxy groups -OCH3 is 1. The number of hydrogen-bond acceptors (Lipinski definition) is 3. The smallest absolute Gasteiger partial charge is 0.226 e. The monoisotopic (exact) mass is 334 g/mol. The molecule has 0 aliphatic rings. The van der Waals surface area contributed by atoms with Crippen LogP contribution in [0.1, 0.15) is 20.8 Å². The fraction of sp³-hybridized carbons (Fsp3) is 0.750. The van der Waals surface area contributed by atoms with E-state index in [0.717, 1.165) is 10.4 Å². The van der Waals surface area contributed by atoms with Gasteiger partial charge in [-0.3, -0.25) is 0 Å². The number of hydrogen-bond donors (Lipinski definition) is 0. The molecule has 104 valence electrons. The van der Waals surface area contributed by atoms with Crippen LogP contribution in [-0.4, -0.2) is 31.8 Å². The van der Waals surface area contributed by atoms with Crippen molar-refractivity contribution >= 4 is 24.2 Å². The van der Waals surface area contributed by atoms with Gasteiger partial charge in [0.1, 0.15) is 0 Å². The SMILES string of the molecule is COc1c(Br)cnn1CCO[Si](C)(C)C(C)(C)C. The Labute approximate surface area is 119 Å². The van der Waals surface area contributed by atoms with Crippen molar-refractivity contribution in [3.8, 4) is 5.88 Å². The summed E-state index contributed by atoms with van der Waals surface area (Å²) >= 11 is 3.40. The molecule has 1 heterocycles. The number of halogens is 1. The molecule has 0 aliphatic heterocycles. The maximum atomic E-state index is 6.11. The first-order valence-electron chi connectivity index (χ1n) is 6.08. The molecule has 0 atom stereocenters. The molecule has 18 heavy (non-hydrogen) atoms.